The summed E-state index contributed by atoms with van der Waals surface area (Å²) < 4.78 is 0. The number of aryl methyl sites for hydroxylation is 1. The predicted octanol–water partition coefficient (Wildman–Crippen LogP) is 5.20. The summed E-state index contributed by atoms with van der Waals surface area (Å²) in [7, 11) is 0. The van der Waals surface area contributed by atoms with Crippen molar-refractivity contribution in [2.45, 2.75) is 33.1 Å². The molecule has 3 aromatic rings. The maximum Gasteiger partial charge on any atom is 0.232 e. The smallest absolute Gasteiger partial charge is 0.232 e. The standard InChI is InChI=1S/C31H41N7S/c1-24-20-25(2)23-38(22-24)29-21-28(37-18-16-36(17-19-37)27-13-7-4-8-14-27)33-30(34-29)35-31(39)32-15-9-12-26-10-5-3-6-11-26/h3-8,10-11,13-14,21,24-25H,9,12,15-20,22-23H2,1-2H3,(H2,32,33,34,35,39)/t24-,25+. The van der Waals surface area contributed by atoms with E-state index in [1.165, 1.54) is 17.7 Å². The minimum atomic E-state index is 0.569. The van der Waals surface area contributed by atoms with E-state index in [-0.39, 0.29) is 0 Å². The number of piperazine rings is 1. The van der Waals surface area contributed by atoms with Gasteiger partial charge in [-0.2, -0.15) is 9.97 Å². The second-order valence-corrected chi connectivity index (χ2v) is 11.4. The fraction of sp³-hybridized carbons (Fsp3) is 0.452. The first-order valence-electron chi connectivity index (χ1n) is 14.3. The molecule has 0 radical (unpaired) electrons. The van der Waals surface area contributed by atoms with Crippen molar-refractivity contribution in [3.63, 3.8) is 0 Å². The average molecular weight is 544 g/mol. The minimum absolute atomic E-state index is 0.569. The van der Waals surface area contributed by atoms with Crippen molar-refractivity contribution in [2.75, 3.05) is 65.8 Å². The third kappa shape index (κ3) is 7.60. The first-order valence-corrected chi connectivity index (χ1v) is 14.7. The molecule has 0 amide bonds. The Balaban J connectivity index is 1.25. The van der Waals surface area contributed by atoms with Gasteiger partial charge in [0.25, 0.3) is 0 Å². The number of nitrogens with one attached hydrogen (secondary N) is 2. The van der Waals surface area contributed by atoms with Gasteiger partial charge in [-0.15, -0.1) is 0 Å². The molecule has 2 N–H and O–H groups in total. The average Bonchev–Trinajstić information content (AvgIpc) is 2.96. The van der Waals surface area contributed by atoms with Crippen molar-refractivity contribution < 1.29 is 0 Å². The Morgan fingerprint density at radius 3 is 2.08 bits per heavy atom. The van der Waals surface area contributed by atoms with Crippen molar-refractivity contribution in [1.29, 1.82) is 0 Å². The number of para-hydroxylation sites is 1. The van der Waals surface area contributed by atoms with E-state index in [0.29, 0.717) is 22.9 Å². The molecule has 8 heteroatoms. The highest BCUT2D eigenvalue weighted by molar-refractivity contribution is 7.80. The summed E-state index contributed by atoms with van der Waals surface area (Å²) in [5, 5.41) is 7.20. The van der Waals surface area contributed by atoms with Gasteiger partial charge in [-0.1, -0.05) is 62.4 Å². The zero-order valence-corrected chi connectivity index (χ0v) is 24.0. The highest BCUT2D eigenvalue weighted by Gasteiger charge is 2.25. The van der Waals surface area contributed by atoms with Crippen LogP contribution in [0, 0.1) is 11.8 Å². The second kappa shape index (κ2) is 13.1. The number of thiocarbonyl (C=S) groups is 1. The van der Waals surface area contributed by atoms with E-state index in [4.69, 9.17) is 22.2 Å². The van der Waals surface area contributed by atoms with Gasteiger partial charge in [0.15, 0.2) is 5.11 Å². The highest BCUT2D eigenvalue weighted by Crippen LogP contribution is 2.29. The van der Waals surface area contributed by atoms with Gasteiger partial charge in [-0.05, 0) is 61.0 Å². The van der Waals surface area contributed by atoms with Gasteiger partial charge < -0.3 is 25.3 Å². The third-order valence-electron chi connectivity index (χ3n) is 7.61. The lowest BCUT2D eigenvalue weighted by Crippen LogP contribution is -2.47. The number of nitrogens with zero attached hydrogens (tertiary/aromatic N) is 5. The van der Waals surface area contributed by atoms with Gasteiger partial charge in [0, 0.05) is 57.6 Å². The van der Waals surface area contributed by atoms with Crippen LogP contribution in [0.1, 0.15) is 32.3 Å². The summed E-state index contributed by atoms with van der Waals surface area (Å²) in [5.74, 6) is 3.81. The highest BCUT2D eigenvalue weighted by atomic mass is 32.1. The molecular formula is C31H41N7S. The maximum atomic E-state index is 5.64. The molecule has 0 unspecified atom stereocenters. The second-order valence-electron chi connectivity index (χ2n) is 11.0. The van der Waals surface area contributed by atoms with E-state index in [1.54, 1.807) is 0 Å². The Kier molecular flexibility index (Phi) is 9.14. The largest absolute Gasteiger partial charge is 0.368 e. The third-order valence-corrected chi connectivity index (χ3v) is 7.86. The summed E-state index contributed by atoms with van der Waals surface area (Å²) in [5.41, 5.74) is 2.62. The Hall–Kier alpha value is -3.39. The fourth-order valence-corrected chi connectivity index (χ4v) is 5.96. The molecule has 39 heavy (non-hydrogen) atoms. The van der Waals surface area contributed by atoms with Crippen molar-refractivity contribution in [2.24, 2.45) is 11.8 Å². The number of rotatable bonds is 8. The quantitative estimate of drug-likeness (QED) is 0.297. The van der Waals surface area contributed by atoms with Crippen LogP contribution in [0.5, 0.6) is 0 Å². The maximum absolute atomic E-state index is 5.64. The van der Waals surface area contributed by atoms with Crippen molar-refractivity contribution in [3.05, 3.63) is 72.3 Å². The number of hydrogen-bond donors (Lipinski definition) is 2. The van der Waals surface area contributed by atoms with E-state index >= 15 is 0 Å². The van der Waals surface area contributed by atoms with Gasteiger partial charge in [0.05, 0.1) is 0 Å². The summed E-state index contributed by atoms with van der Waals surface area (Å²) in [6.07, 6.45) is 3.29. The van der Waals surface area contributed by atoms with Crippen LogP contribution in [0.15, 0.2) is 66.7 Å². The molecule has 0 saturated carbocycles. The molecule has 0 aliphatic carbocycles. The van der Waals surface area contributed by atoms with E-state index in [0.717, 1.165) is 70.3 Å². The Bertz CT molecular complexity index is 1190. The number of piperidine rings is 1. The van der Waals surface area contributed by atoms with Crippen LogP contribution in [-0.2, 0) is 6.42 Å². The van der Waals surface area contributed by atoms with Gasteiger partial charge in [-0.25, -0.2) is 0 Å². The molecular weight excluding hydrogens is 502 g/mol. The lowest BCUT2D eigenvalue weighted by Gasteiger charge is -2.38. The molecule has 1 aromatic heterocycles. The Morgan fingerprint density at radius 1 is 0.821 bits per heavy atom. The molecule has 2 aromatic carbocycles. The molecule has 0 bridgehead atoms. The monoisotopic (exact) mass is 543 g/mol. The molecule has 5 rings (SSSR count). The van der Waals surface area contributed by atoms with Gasteiger partial charge in [-0.3, -0.25) is 0 Å². The number of anilines is 4. The summed E-state index contributed by atoms with van der Waals surface area (Å²) >= 11 is 5.64. The molecule has 3 heterocycles. The zero-order valence-electron chi connectivity index (χ0n) is 23.2. The summed E-state index contributed by atoms with van der Waals surface area (Å²) in [4.78, 5) is 17.1. The van der Waals surface area contributed by atoms with E-state index < -0.39 is 0 Å². The van der Waals surface area contributed by atoms with Gasteiger partial charge >= 0.3 is 0 Å². The summed E-state index contributed by atoms with van der Waals surface area (Å²) in [6.45, 7) is 11.3. The molecule has 2 saturated heterocycles. The first kappa shape index (κ1) is 27.2. The summed E-state index contributed by atoms with van der Waals surface area (Å²) in [6, 6.07) is 23.4. The van der Waals surface area contributed by atoms with Crippen LogP contribution in [0.4, 0.5) is 23.3 Å². The molecule has 0 spiro atoms. The first-order chi connectivity index (χ1) is 19.0. The Morgan fingerprint density at radius 2 is 1.41 bits per heavy atom. The lowest BCUT2D eigenvalue weighted by atomic mass is 9.92. The van der Waals surface area contributed by atoms with E-state index in [1.807, 2.05) is 0 Å². The normalized spacial score (nSPS) is 19.6. The zero-order chi connectivity index (χ0) is 27.0. The van der Waals surface area contributed by atoms with E-state index in [9.17, 15) is 0 Å². The predicted molar refractivity (Wildman–Crippen MR) is 167 cm³/mol. The van der Waals surface area contributed by atoms with Crippen molar-refractivity contribution >= 4 is 40.6 Å². The van der Waals surface area contributed by atoms with Crippen LogP contribution in [0.3, 0.4) is 0 Å². The SMILES string of the molecule is C[C@@H]1C[C@H](C)CN(c2cc(N3CCN(c4ccccc4)CC3)nc(NC(=S)NCCCc3ccccc3)n2)C1. The van der Waals surface area contributed by atoms with Crippen LogP contribution >= 0.6 is 12.2 Å². The molecule has 7 nitrogen and oxygen atoms in total. The minimum Gasteiger partial charge on any atom is -0.368 e. The number of hydrogen-bond acceptors (Lipinski definition) is 6. The molecule has 2 aliphatic heterocycles. The molecule has 2 atom stereocenters. The van der Waals surface area contributed by atoms with Gasteiger partial charge in [0.1, 0.15) is 11.6 Å². The van der Waals surface area contributed by atoms with Crippen LogP contribution in [0.2, 0.25) is 0 Å². The fourth-order valence-electron chi connectivity index (χ4n) is 5.77. The lowest BCUT2D eigenvalue weighted by molar-refractivity contribution is 0.355. The van der Waals surface area contributed by atoms with Crippen molar-refractivity contribution in [3.8, 4) is 0 Å². The molecule has 206 valence electrons. The molecule has 2 fully saturated rings. The van der Waals surface area contributed by atoms with Crippen LogP contribution < -0.4 is 25.3 Å². The number of aromatic nitrogens is 2. The topological polar surface area (TPSA) is 59.6 Å². The van der Waals surface area contributed by atoms with Gasteiger partial charge in [0.2, 0.25) is 5.95 Å². The van der Waals surface area contributed by atoms with Crippen LogP contribution in [0.25, 0.3) is 0 Å². The molecule has 2 aliphatic rings. The van der Waals surface area contributed by atoms with Crippen molar-refractivity contribution in [1.82, 2.24) is 15.3 Å². The van der Waals surface area contributed by atoms with E-state index in [2.05, 4.69) is 106 Å². The Labute approximate surface area is 238 Å². The number of benzene rings is 2. The van der Waals surface area contributed by atoms with Crippen LogP contribution in [-0.4, -0.2) is 60.9 Å².